The molecule has 0 saturated heterocycles. The zero-order chi connectivity index (χ0) is 0. The second-order valence-electron chi connectivity index (χ2n) is 0. The van der Waals surface area contributed by atoms with E-state index in [4.69, 9.17) is 0 Å². The molecular formula is IrO2OsPtRu-4. The van der Waals surface area contributed by atoms with Gasteiger partial charge in [-0.1, -0.05) is 0 Å². The zero-order valence-corrected chi connectivity index (χ0v) is 11.1. The van der Waals surface area contributed by atoms with E-state index >= 15 is 0 Å². The molecule has 0 aliphatic rings. The molecule has 2 nitrogen and oxygen atoms in total. The second-order valence-corrected chi connectivity index (χ2v) is 0. The van der Waals surface area contributed by atoms with Crippen LogP contribution in [-0.2, 0) is 91.4 Å². The summed E-state index contributed by atoms with van der Waals surface area (Å²) in [5.41, 5.74) is 0. The Hall–Kier alpha value is 2.52. The van der Waals surface area contributed by atoms with Crippen molar-refractivity contribution in [2.24, 2.45) is 0 Å². The normalized spacial score (nSPS) is 0. The van der Waals surface area contributed by atoms with Gasteiger partial charge in [-0.15, -0.1) is 0 Å². The van der Waals surface area contributed by atoms with Crippen molar-refractivity contribution < 1.29 is 91.4 Å². The van der Waals surface area contributed by atoms with Crippen LogP contribution in [0.4, 0.5) is 0 Å². The van der Waals surface area contributed by atoms with Gasteiger partial charge in [0.05, 0.1) is 0 Å². The molecule has 0 bridgehead atoms. The number of rotatable bonds is 0. The van der Waals surface area contributed by atoms with Gasteiger partial charge >= 0.3 is 0 Å². The van der Waals surface area contributed by atoms with Gasteiger partial charge in [-0.2, -0.15) is 0 Å². The maximum Gasteiger partial charge on any atom is 0 e. The summed E-state index contributed by atoms with van der Waals surface area (Å²) < 4.78 is 0. The van der Waals surface area contributed by atoms with E-state index in [1.165, 1.54) is 0 Å². The third-order valence-corrected chi connectivity index (χ3v) is 0. The second kappa shape index (κ2) is 50.4. The van der Waals surface area contributed by atoms with E-state index in [1.54, 1.807) is 0 Å². The Morgan fingerprint density at radius 1 is 0.833 bits per heavy atom. The van der Waals surface area contributed by atoms with Gasteiger partial charge in [-0.05, 0) is 0 Å². The Morgan fingerprint density at radius 2 is 0.833 bits per heavy atom. The first-order valence-electron chi connectivity index (χ1n) is 0. The average molecular weight is 711 g/mol. The van der Waals surface area contributed by atoms with Crippen LogP contribution >= 0.6 is 0 Å². The van der Waals surface area contributed by atoms with Crippen molar-refractivity contribution in [2.75, 3.05) is 0 Å². The summed E-state index contributed by atoms with van der Waals surface area (Å²) in [6.07, 6.45) is 0. The Bertz CT molecular complexity index is 13.5. The molecule has 0 unspecified atom stereocenters. The Morgan fingerprint density at radius 3 is 0.833 bits per heavy atom. The monoisotopic (exact) mass is 714 g/mol. The fourth-order valence-electron chi connectivity index (χ4n) is 0. The van der Waals surface area contributed by atoms with Crippen LogP contribution in [0.15, 0.2) is 0 Å². The minimum Gasteiger partial charge on any atom is -2.00 e. The molecule has 0 fully saturated rings. The zero-order valence-electron chi connectivity index (χ0n) is 2.17. The van der Waals surface area contributed by atoms with Crippen LogP contribution in [0.1, 0.15) is 0 Å². The summed E-state index contributed by atoms with van der Waals surface area (Å²) in [6, 6.07) is 0. The standard InChI is InChI=1S/Ir.2O.Os.Pt.Ru/q;2*-2;;;. The largest absolute Gasteiger partial charge is 2.00 e. The molecule has 6 heavy (non-hydrogen) atoms. The van der Waals surface area contributed by atoms with Crippen molar-refractivity contribution in [1.29, 1.82) is 0 Å². The van der Waals surface area contributed by atoms with Crippen molar-refractivity contribution >= 4 is 0 Å². The SMILES string of the molecule is [Ir].[O-2].[O-2].[Os].[Pt].[Ru]. The van der Waals surface area contributed by atoms with Gasteiger partial charge in [-0.3, -0.25) is 0 Å². The maximum absolute atomic E-state index is 0. The molecule has 6 heteroatoms. The van der Waals surface area contributed by atoms with Gasteiger partial charge in [0.15, 0.2) is 0 Å². The van der Waals surface area contributed by atoms with Crippen molar-refractivity contribution in [3.05, 3.63) is 0 Å². The third-order valence-electron chi connectivity index (χ3n) is 0. The molecular weight excluding hydrogens is 711 g/mol. The Balaban J connectivity index is 0. The summed E-state index contributed by atoms with van der Waals surface area (Å²) >= 11 is 0. The van der Waals surface area contributed by atoms with Gasteiger partial charge in [-0.25, -0.2) is 0 Å². The van der Waals surface area contributed by atoms with Crippen LogP contribution in [0.25, 0.3) is 0 Å². The molecule has 0 heterocycles. The van der Waals surface area contributed by atoms with Gasteiger partial charge in [0.2, 0.25) is 0 Å². The molecule has 0 aliphatic heterocycles. The quantitative estimate of drug-likeness (QED) is 0.312. The molecule has 0 amide bonds. The maximum atomic E-state index is 0. The first-order chi connectivity index (χ1) is 0. The van der Waals surface area contributed by atoms with E-state index in [0.717, 1.165) is 0 Å². The molecule has 0 atom stereocenters. The smallest absolute Gasteiger partial charge is 0 e. The summed E-state index contributed by atoms with van der Waals surface area (Å²) in [6.45, 7) is 0. The van der Waals surface area contributed by atoms with Crippen molar-refractivity contribution in [1.82, 2.24) is 0 Å². The van der Waals surface area contributed by atoms with Gasteiger partial charge in [0.1, 0.15) is 0 Å². The molecule has 0 aromatic heterocycles. The van der Waals surface area contributed by atoms with Crippen molar-refractivity contribution in [3.8, 4) is 0 Å². The first-order valence-corrected chi connectivity index (χ1v) is 0. The van der Waals surface area contributed by atoms with Crippen LogP contribution in [0.3, 0.4) is 0 Å². The summed E-state index contributed by atoms with van der Waals surface area (Å²) in [4.78, 5) is 0. The van der Waals surface area contributed by atoms with E-state index in [-0.39, 0.29) is 91.4 Å². The summed E-state index contributed by atoms with van der Waals surface area (Å²) in [5, 5.41) is 0. The van der Waals surface area contributed by atoms with Crippen molar-refractivity contribution in [2.45, 2.75) is 0 Å². The Labute approximate surface area is 90.3 Å². The van der Waals surface area contributed by atoms with Crippen LogP contribution in [0.2, 0.25) is 0 Å². The molecule has 0 saturated carbocycles. The van der Waals surface area contributed by atoms with Crippen LogP contribution < -0.4 is 0 Å². The molecule has 0 rings (SSSR count). The molecule has 51 valence electrons. The minimum absolute atomic E-state index is 0. The number of hydrogen-bond donors (Lipinski definition) is 0. The molecule has 0 aromatic carbocycles. The van der Waals surface area contributed by atoms with Gasteiger partial charge in [0, 0.05) is 80.4 Å². The van der Waals surface area contributed by atoms with Crippen LogP contribution in [-0.4, -0.2) is 0 Å². The molecule has 0 spiro atoms. The fourth-order valence-corrected chi connectivity index (χ4v) is 0. The van der Waals surface area contributed by atoms with Crippen LogP contribution in [0, 0.1) is 0 Å². The molecule has 0 aliphatic carbocycles. The molecule has 1 radical (unpaired) electrons. The first kappa shape index (κ1) is 76.0. The minimum atomic E-state index is 0. The Kier molecular flexibility index (Phi) is 638. The third kappa shape index (κ3) is 31.3. The van der Waals surface area contributed by atoms with E-state index in [2.05, 4.69) is 0 Å². The van der Waals surface area contributed by atoms with E-state index in [1.807, 2.05) is 0 Å². The summed E-state index contributed by atoms with van der Waals surface area (Å²) in [5.74, 6) is 0. The summed E-state index contributed by atoms with van der Waals surface area (Å²) in [7, 11) is 0. The molecule has 0 aromatic rings. The topological polar surface area (TPSA) is 57.0 Å². The predicted octanol–water partition coefficient (Wildman–Crippen LogP) is -0.248. The fraction of sp³-hybridized carbons (Fsp3) is 0. The predicted molar refractivity (Wildman–Crippen MR) is 1.37 cm³/mol. The van der Waals surface area contributed by atoms with E-state index in [9.17, 15) is 0 Å². The van der Waals surface area contributed by atoms with Crippen molar-refractivity contribution in [3.63, 3.8) is 0 Å². The van der Waals surface area contributed by atoms with E-state index < -0.39 is 0 Å². The molecule has 0 N–H and O–H groups in total. The number of hydrogen-bond acceptors (Lipinski definition) is 0. The van der Waals surface area contributed by atoms with Gasteiger partial charge < -0.3 is 11.0 Å². The van der Waals surface area contributed by atoms with Gasteiger partial charge in [0.25, 0.3) is 0 Å². The van der Waals surface area contributed by atoms with E-state index in [0.29, 0.717) is 0 Å². The van der Waals surface area contributed by atoms with Crippen LogP contribution in [0.5, 0.6) is 0 Å². The average Bonchev–Trinajstić information content (AvgIpc) is 0.